The Morgan fingerprint density at radius 2 is 1.84 bits per heavy atom. The normalized spacial score (nSPS) is 17.8. The number of carbonyl (C=O) groups is 1. The first-order valence-electron chi connectivity index (χ1n) is 12.7. The fraction of sp³-hybridized carbons (Fsp3) is 0.276. The van der Waals surface area contributed by atoms with E-state index in [1.54, 1.807) is 29.2 Å². The summed E-state index contributed by atoms with van der Waals surface area (Å²) in [5, 5.41) is 8.08. The highest BCUT2D eigenvalue weighted by atomic mass is 16.1. The fourth-order valence-electron chi connectivity index (χ4n) is 5.21. The Kier molecular flexibility index (Phi) is 6.00. The van der Waals surface area contributed by atoms with Gasteiger partial charge in [-0.15, -0.1) is 0 Å². The molecule has 1 aliphatic heterocycles. The van der Waals surface area contributed by atoms with Gasteiger partial charge in [-0.3, -0.25) is 9.78 Å². The van der Waals surface area contributed by atoms with Crippen molar-refractivity contribution in [2.24, 2.45) is 11.8 Å². The zero-order chi connectivity index (χ0) is 25.4. The Bertz CT molecular complexity index is 1580. The number of aromatic nitrogens is 5. The van der Waals surface area contributed by atoms with Gasteiger partial charge < -0.3 is 10.2 Å². The van der Waals surface area contributed by atoms with Crippen LogP contribution in [0.4, 0.5) is 5.82 Å². The number of amides is 1. The molecule has 1 saturated heterocycles. The van der Waals surface area contributed by atoms with Gasteiger partial charge in [0.25, 0.3) is 5.91 Å². The molecular weight excluding hydrogens is 462 g/mol. The summed E-state index contributed by atoms with van der Waals surface area (Å²) in [5.74, 6) is 2.15. The van der Waals surface area contributed by atoms with Crippen LogP contribution in [0.25, 0.3) is 27.8 Å². The number of piperidine rings is 1. The topological polar surface area (TPSA) is 88.3 Å². The number of hydrogen-bond donors (Lipinski definition) is 1. The minimum atomic E-state index is -0.177. The van der Waals surface area contributed by atoms with E-state index in [2.05, 4.69) is 46.3 Å². The molecule has 5 aromatic heterocycles. The van der Waals surface area contributed by atoms with Gasteiger partial charge in [-0.25, -0.2) is 14.5 Å². The standard InChI is InChI=1S/C29H29N7O/c1-19-12-20(2)17-35(16-19)28-5-3-4-25(34-28)26-9-7-21-14-30-23(13-27(21)33-26)15-31-29(37)22-6-8-24-10-11-32-36(24)18-22/h3-11,13-14,18-20H,12,15-17H2,1-2H3,(H,31,37)/t19-,20+. The lowest BCUT2D eigenvalue weighted by Crippen LogP contribution is -2.39. The number of hydrogen-bond acceptors (Lipinski definition) is 6. The molecule has 0 unspecified atom stereocenters. The van der Waals surface area contributed by atoms with Crippen LogP contribution in [0, 0.1) is 11.8 Å². The van der Waals surface area contributed by atoms with E-state index in [0.29, 0.717) is 23.9 Å². The van der Waals surface area contributed by atoms with E-state index in [-0.39, 0.29) is 5.91 Å². The van der Waals surface area contributed by atoms with Crippen LogP contribution in [-0.2, 0) is 6.54 Å². The van der Waals surface area contributed by atoms with Crippen LogP contribution in [0.3, 0.4) is 0 Å². The Balaban J connectivity index is 1.20. The van der Waals surface area contributed by atoms with Crippen LogP contribution in [0.1, 0.15) is 36.3 Å². The van der Waals surface area contributed by atoms with Crippen LogP contribution in [0.2, 0.25) is 0 Å². The zero-order valence-electron chi connectivity index (χ0n) is 21.0. The quantitative estimate of drug-likeness (QED) is 0.382. The van der Waals surface area contributed by atoms with Gasteiger partial charge in [-0.1, -0.05) is 19.9 Å². The zero-order valence-corrected chi connectivity index (χ0v) is 21.0. The van der Waals surface area contributed by atoms with Gasteiger partial charge in [0.1, 0.15) is 5.82 Å². The van der Waals surface area contributed by atoms with Gasteiger partial charge in [-0.2, -0.15) is 5.10 Å². The lowest BCUT2D eigenvalue weighted by atomic mass is 9.92. The second-order valence-electron chi connectivity index (χ2n) is 10.1. The number of nitrogens with zero attached hydrogens (tertiary/aromatic N) is 6. The average molecular weight is 492 g/mol. The molecule has 0 aromatic carbocycles. The summed E-state index contributed by atoms with van der Waals surface area (Å²) in [6, 6.07) is 17.6. The molecular formula is C29H29N7O. The predicted molar refractivity (Wildman–Crippen MR) is 144 cm³/mol. The summed E-state index contributed by atoms with van der Waals surface area (Å²) in [6.07, 6.45) is 6.48. The first-order valence-corrected chi connectivity index (χ1v) is 12.7. The van der Waals surface area contributed by atoms with E-state index in [4.69, 9.17) is 9.97 Å². The van der Waals surface area contributed by atoms with Crippen molar-refractivity contribution in [3.8, 4) is 11.4 Å². The molecule has 0 spiro atoms. The first kappa shape index (κ1) is 23.1. The molecule has 0 radical (unpaired) electrons. The maximum Gasteiger partial charge on any atom is 0.253 e. The fourth-order valence-corrected chi connectivity index (χ4v) is 5.21. The summed E-state index contributed by atoms with van der Waals surface area (Å²) in [7, 11) is 0. The highest BCUT2D eigenvalue weighted by Gasteiger charge is 2.23. The molecule has 8 heteroatoms. The van der Waals surface area contributed by atoms with Crippen LogP contribution >= 0.6 is 0 Å². The summed E-state index contributed by atoms with van der Waals surface area (Å²) in [5.41, 5.74) is 4.72. The Labute approximate surface area is 215 Å². The van der Waals surface area contributed by atoms with Crippen molar-refractivity contribution in [2.75, 3.05) is 18.0 Å². The van der Waals surface area contributed by atoms with Gasteiger partial charge >= 0.3 is 0 Å². The maximum atomic E-state index is 12.7. The third kappa shape index (κ3) is 4.87. The maximum absolute atomic E-state index is 12.7. The average Bonchev–Trinajstić information content (AvgIpc) is 3.39. The monoisotopic (exact) mass is 491 g/mol. The smallest absolute Gasteiger partial charge is 0.253 e. The van der Waals surface area contributed by atoms with Crippen LogP contribution < -0.4 is 10.2 Å². The van der Waals surface area contributed by atoms with E-state index in [9.17, 15) is 4.79 Å². The first-order chi connectivity index (χ1) is 18.0. The lowest BCUT2D eigenvalue weighted by molar-refractivity contribution is 0.0950. The second kappa shape index (κ2) is 9.61. The number of nitrogens with one attached hydrogen (secondary N) is 1. The van der Waals surface area contributed by atoms with Gasteiger partial charge in [-0.05, 0) is 66.8 Å². The highest BCUT2D eigenvalue weighted by Crippen LogP contribution is 2.27. The molecule has 6 heterocycles. The van der Waals surface area contributed by atoms with E-state index in [1.165, 1.54) is 6.42 Å². The molecule has 1 fully saturated rings. The van der Waals surface area contributed by atoms with E-state index in [1.807, 2.05) is 36.4 Å². The summed E-state index contributed by atoms with van der Waals surface area (Å²) in [6.45, 7) is 6.98. The Hall–Kier alpha value is -4.33. The second-order valence-corrected chi connectivity index (χ2v) is 10.1. The Morgan fingerprint density at radius 3 is 2.70 bits per heavy atom. The minimum Gasteiger partial charge on any atom is -0.356 e. The molecule has 1 amide bonds. The number of pyridine rings is 4. The largest absolute Gasteiger partial charge is 0.356 e. The molecule has 6 rings (SSSR count). The van der Waals surface area contributed by atoms with Gasteiger partial charge in [0.05, 0.1) is 40.2 Å². The van der Waals surface area contributed by atoms with Crippen LogP contribution in [-0.4, -0.2) is 43.6 Å². The van der Waals surface area contributed by atoms with Crippen molar-refractivity contribution in [2.45, 2.75) is 26.8 Å². The minimum absolute atomic E-state index is 0.177. The molecule has 1 N–H and O–H groups in total. The van der Waals surface area contributed by atoms with Crippen molar-refractivity contribution in [1.82, 2.24) is 29.9 Å². The SMILES string of the molecule is C[C@@H]1C[C@H](C)CN(c2cccc(-c3ccc4cnc(CNC(=O)c5ccc6ccnn6c5)cc4n3)n2)C1. The molecule has 2 atom stereocenters. The van der Waals surface area contributed by atoms with E-state index < -0.39 is 0 Å². The summed E-state index contributed by atoms with van der Waals surface area (Å²) >= 11 is 0. The van der Waals surface area contributed by atoms with Crippen molar-refractivity contribution in [3.63, 3.8) is 0 Å². The number of carbonyl (C=O) groups excluding carboxylic acids is 1. The molecule has 8 nitrogen and oxygen atoms in total. The Morgan fingerprint density at radius 1 is 1.00 bits per heavy atom. The highest BCUT2D eigenvalue weighted by molar-refractivity contribution is 5.94. The molecule has 1 aliphatic rings. The predicted octanol–water partition coefficient (Wildman–Crippen LogP) is 4.75. The van der Waals surface area contributed by atoms with Crippen molar-refractivity contribution < 1.29 is 4.79 Å². The number of fused-ring (bicyclic) bond motifs is 2. The van der Waals surface area contributed by atoms with Crippen molar-refractivity contribution in [1.29, 1.82) is 0 Å². The van der Waals surface area contributed by atoms with Crippen LogP contribution in [0.5, 0.6) is 0 Å². The van der Waals surface area contributed by atoms with Crippen LogP contribution in [0.15, 0.2) is 73.2 Å². The molecule has 0 aliphatic carbocycles. The van der Waals surface area contributed by atoms with E-state index >= 15 is 0 Å². The third-order valence-electron chi connectivity index (χ3n) is 6.91. The summed E-state index contributed by atoms with van der Waals surface area (Å²) in [4.78, 5) is 29.4. The molecule has 186 valence electrons. The van der Waals surface area contributed by atoms with E-state index in [0.717, 1.165) is 52.4 Å². The van der Waals surface area contributed by atoms with Gasteiger partial charge in [0, 0.05) is 37.1 Å². The molecule has 0 bridgehead atoms. The summed E-state index contributed by atoms with van der Waals surface area (Å²) < 4.78 is 1.68. The third-order valence-corrected chi connectivity index (χ3v) is 6.91. The molecule has 0 saturated carbocycles. The van der Waals surface area contributed by atoms with Gasteiger partial charge in [0.2, 0.25) is 0 Å². The van der Waals surface area contributed by atoms with Crippen molar-refractivity contribution >= 4 is 28.1 Å². The lowest BCUT2D eigenvalue weighted by Gasteiger charge is -2.35. The molecule has 37 heavy (non-hydrogen) atoms. The van der Waals surface area contributed by atoms with Crippen molar-refractivity contribution in [3.05, 3.63) is 84.4 Å². The van der Waals surface area contributed by atoms with Gasteiger partial charge in [0.15, 0.2) is 0 Å². The number of anilines is 1. The molecule has 5 aromatic rings. The number of rotatable bonds is 5.